The molecule has 1 aliphatic carbocycles. The first-order valence-corrected chi connectivity index (χ1v) is 6.43. The Morgan fingerprint density at radius 2 is 2.00 bits per heavy atom. The van der Waals surface area contributed by atoms with Crippen LogP contribution in [0.4, 0.5) is 0 Å². The molecule has 1 rings (SSSR count). The first kappa shape index (κ1) is 11.3. The van der Waals surface area contributed by atoms with E-state index in [1.165, 1.54) is 5.75 Å². The van der Waals surface area contributed by atoms with Crippen LogP contribution in [0.15, 0.2) is 0 Å². The number of nitrogens with two attached hydrogens (primary N) is 1. The summed E-state index contributed by atoms with van der Waals surface area (Å²) in [6.07, 6.45) is 5.12. The molecule has 0 aromatic heterocycles. The lowest BCUT2D eigenvalue weighted by Gasteiger charge is -2.26. The van der Waals surface area contributed by atoms with Crippen molar-refractivity contribution in [3.63, 3.8) is 0 Å². The lowest BCUT2D eigenvalue weighted by atomic mass is 9.94. The molecule has 0 unspecified atom stereocenters. The highest BCUT2D eigenvalue weighted by atomic mass is 32.2. The molecule has 1 fully saturated rings. The van der Waals surface area contributed by atoms with Crippen LogP contribution in [0.2, 0.25) is 0 Å². The zero-order valence-corrected chi connectivity index (χ0v) is 9.31. The monoisotopic (exact) mass is 203 g/mol. The van der Waals surface area contributed by atoms with Crippen LogP contribution >= 0.6 is 11.8 Å². The Labute approximate surface area is 85.6 Å². The average Bonchev–Trinajstić information content (AvgIpc) is 2.15. The lowest BCUT2D eigenvalue weighted by molar-refractivity contribution is 0.0349. The summed E-state index contributed by atoms with van der Waals surface area (Å²) in [6.45, 7) is 3.10. The smallest absolute Gasteiger partial charge is 0.0576 e. The van der Waals surface area contributed by atoms with E-state index < -0.39 is 0 Å². The highest BCUT2D eigenvalue weighted by molar-refractivity contribution is 7.99. The largest absolute Gasteiger partial charge is 0.377 e. The Morgan fingerprint density at radius 1 is 1.31 bits per heavy atom. The Hall–Kier alpha value is 0.270. The minimum atomic E-state index is 0.435. The Bertz CT molecular complexity index is 124. The van der Waals surface area contributed by atoms with E-state index in [1.54, 1.807) is 0 Å². The fourth-order valence-corrected chi connectivity index (χ4v) is 2.18. The highest BCUT2D eigenvalue weighted by Crippen LogP contribution is 2.19. The van der Waals surface area contributed by atoms with Gasteiger partial charge >= 0.3 is 0 Å². The number of hydrogen-bond acceptors (Lipinski definition) is 3. The van der Waals surface area contributed by atoms with Gasteiger partial charge in [0.15, 0.2) is 0 Å². The quantitative estimate of drug-likeness (QED) is 0.694. The molecule has 0 atom stereocenters. The standard InChI is InChI=1S/C10H21NOS/c1-2-13-8-7-12-10-5-3-9(11)4-6-10/h9-10H,2-8,11H2,1H3. The van der Waals surface area contributed by atoms with E-state index in [9.17, 15) is 0 Å². The van der Waals surface area contributed by atoms with Crippen molar-refractivity contribution in [1.29, 1.82) is 0 Å². The number of rotatable bonds is 5. The first-order valence-electron chi connectivity index (χ1n) is 5.28. The molecule has 0 aliphatic heterocycles. The van der Waals surface area contributed by atoms with Crippen LogP contribution in [0, 0.1) is 0 Å². The van der Waals surface area contributed by atoms with Gasteiger partial charge in [0.05, 0.1) is 12.7 Å². The molecule has 0 amide bonds. The molecule has 0 radical (unpaired) electrons. The van der Waals surface area contributed by atoms with E-state index in [4.69, 9.17) is 10.5 Å². The van der Waals surface area contributed by atoms with Crippen molar-refractivity contribution in [1.82, 2.24) is 0 Å². The van der Waals surface area contributed by atoms with Gasteiger partial charge in [0.1, 0.15) is 0 Å². The molecule has 1 aliphatic rings. The van der Waals surface area contributed by atoms with Gasteiger partial charge in [0.2, 0.25) is 0 Å². The molecule has 0 aromatic carbocycles. The molecule has 0 saturated heterocycles. The second-order valence-electron chi connectivity index (χ2n) is 3.60. The van der Waals surface area contributed by atoms with Crippen LogP contribution in [-0.4, -0.2) is 30.3 Å². The van der Waals surface area contributed by atoms with Gasteiger partial charge in [-0.2, -0.15) is 11.8 Å². The molecule has 0 spiro atoms. The predicted molar refractivity (Wildman–Crippen MR) is 59.2 cm³/mol. The fourth-order valence-electron chi connectivity index (χ4n) is 1.67. The van der Waals surface area contributed by atoms with Gasteiger partial charge in [0.25, 0.3) is 0 Å². The summed E-state index contributed by atoms with van der Waals surface area (Å²) in [5.74, 6) is 2.33. The van der Waals surface area contributed by atoms with Gasteiger partial charge in [0, 0.05) is 11.8 Å². The Balaban J connectivity index is 1.96. The molecule has 3 heteroatoms. The third kappa shape index (κ3) is 4.89. The number of ether oxygens (including phenoxy) is 1. The third-order valence-corrected chi connectivity index (χ3v) is 3.37. The second-order valence-corrected chi connectivity index (χ2v) is 5.00. The van der Waals surface area contributed by atoms with Gasteiger partial charge in [-0.05, 0) is 31.4 Å². The minimum Gasteiger partial charge on any atom is -0.377 e. The Morgan fingerprint density at radius 3 is 2.62 bits per heavy atom. The van der Waals surface area contributed by atoms with E-state index in [-0.39, 0.29) is 0 Å². The zero-order valence-electron chi connectivity index (χ0n) is 8.50. The van der Waals surface area contributed by atoms with Crippen molar-refractivity contribution in [2.24, 2.45) is 5.73 Å². The zero-order chi connectivity index (χ0) is 9.52. The van der Waals surface area contributed by atoms with Crippen molar-refractivity contribution >= 4 is 11.8 Å². The molecule has 0 heterocycles. The minimum absolute atomic E-state index is 0.435. The molecule has 2 nitrogen and oxygen atoms in total. The molecule has 0 bridgehead atoms. The van der Waals surface area contributed by atoms with E-state index in [2.05, 4.69) is 6.92 Å². The van der Waals surface area contributed by atoms with Gasteiger partial charge < -0.3 is 10.5 Å². The lowest BCUT2D eigenvalue weighted by Crippen LogP contribution is -2.30. The number of hydrogen-bond donors (Lipinski definition) is 1. The van der Waals surface area contributed by atoms with Gasteiger partial charge in [-0.1, -0.05) is 6.92 Å². The fraction of sp³-hybridized carbons (Fsp3) is 1.00. The SMILES string of the molecule is CCSCCOC1CCC(N)CC1. The van der Waals surface area contributed by atoms with Crippen molar-refractivity contribution in [3.8, 4) is 0 Å². The summed E-state index contributed by atoms with van der Waals surface area (Å²) in [7, 11) is 0. The normalized spacial score (nSPS) is 29.1. The maximum absolute atomic E-state index is 5.81. The maximum atomic E-state index is 5.81. The molecule has 78 valence electrons. The van der Waals surface area contributed by atoms with Crippen LogP contribution < -0.4 is 5.73 Å². The summed E-state index contributed by atoms with van der Waals surface area (Å²) in [5.41, 5.74) is 5.81. The van der Waals surface area contributed by atoms with Gasteiger partial charge in [-0.25, -0.2) is 0 Å². The molecule has 0 aromatic rings. The average molecular weight is 203 g/mol. The summed E-state index contributed by atoms with van der Waals surface area (Å²) in [4.78, 5) is 0. The van der Waals surface area contributed by atoms with Crippen molar-refractivity contribution < 1.29 is 4.74 Å². The summed E-state index contributed by atoms with van der Waals surface area (Å²) >= 11 is 1.95. The van der Waals surface area contributed by atoms with Crippen molar-refractivity contribution in [3.05, 3.63) is 0 Å². The first-order chi connectivity index (χ1) is 6.33. The third-order valence-electron chi connectivity index (χ3n) is 2.50. The summed E-state index contributed by atoms with van der Waals surface area (Å²) in [5, 5.41) is 0. The van der Waals surface area contributed by atoms with E-state index in [0.717, 1.165) is 38.0 Å². The predicted octanol–water partition coefficient (Wildman–Crippen LogP) is 2.03. The Kier molecular flexibility index (Phi) is 5.83. The topological polar surface area (TPSA) is 35.2 Å². The van der Waals surface area contributed by atoms with Crippen LogP contribution in [0.25, 0.3) is 0 Å². The summed E-state index contributed by atoms with van der Waals surface area (Å²) < 4.78 is 5.76. The number of thioether (sulfide) groups is 1. The molecule has 13 heavy (non-hydrogen) atoms. The van der Waals surface area contributed by atoms with Crippen LogP contribution in [0.5, 0.6) is 0 Å². The highest BCUT2D eigenvalue weighted by Gasteiger charge is 2.18. The summed E-state index contributed by atoms with van der Waals surface area (Å²) in [6, 6.07) is 0.435. The molecule has 1 saturated carbocycles. The van der Waals surface area contributed by atoms with Crippen LogP contribution in [-0.2, 0) is 4.74 Å². The van der Waals surface area contributed by atoms with Gasteiger partial charge in [-0.3, -0.25) is 0 Å². The molecular formula is C10H21NOS. The van der Waals surface area contributed by atoms with E-state index in [1.807, 2.05) is 11.8 Å². The van der Waals surface area contributed by atoms with Gasteiger partial charge in [-0.15, -0.1) is 0 Å². The van der Waals surface area contributed by atoms with E-state index in [0.29, 0.717) is 12.1 Å². The van der Waals surface area contributed by atoms with E-state index >= 15 is 0 Å². The molecule has 2 N–H and O–H groups in total. The van der Waals surface area contributed by atoms with Crippen LogP contribution in [0.1, 0.15) is 32.6 Å². The maximum Gasteiger partial charge on any atom is 0.0576 e. The molecular weight excluding hydrogens is 182 g/mol. The second kappa shape index (κ2) is 6.68. The van der Waals surface area contributed by atoms with Crippen molar-refractivity contribution in [2.45, 2.75) is 44.8 Å². The van der Waals surface area contributed by atoms with Crippen molar-refractivity contribution in [2.75, 3.05) is 18.1 Å². The van der Waals surface area contributed by atoms with Crippen LogP contribution in [0.3, 0.4) is 0 Å².